The first-order valence-electron chi connectivity index (χ1n) is 6.75. The molecule has 1 aliphatic rings. The fraction of sp³-hybridized carbons (Fsp3) is 0.235. The lowest BCUT2D eigenvalue weighted by Crippen LogP contribution is -2.38. The average molecular weight is 283 g/mol. The van der Waals surface area contributed by atoms with Gasteiger partial charge in [0.05, 0.1) is 6.04 Å². The fourth-order valence-corrected chi connectivity index (χ4v) is 3.42. The Morgan fingerprint density at radius 3 is 2.60 bits per heavy atom. The maximum atomic E-state index is 12.2. The van der Waals surface area contributed by atoms with E-state index in [1.807, 2.05) is 11.4 Å². The van der Waals surface area contributed by atoms with Crippen LogP contribution in [0.1, 0.15) is 28.3 Å². The van der Waals surface area contributed by atoms with E-state index in [-0.39, 0.29) is 11.7 Å². The van der Waals surface area contributed by atoms with Gasteiger partial charge in [0.2, 0.25) is 0 Å². The van der Waals surface area contributed by atoms with Crippen molar-refractivity contribution >= 4 is 22.7 Å². The molecule has 0 aliphatic heterocycles. The van der Waals surface area contributed by atoms with Crippen LogP contribution in [0.15, 0.2) is 47.9 Å². The van der Waals surface area contributed by atoms with Crippen LogP contribution in [0, 0.1) is 6.92 Å². The van der Waals surface area contributed by atoms with Crippen LogP contribution in [0.25, 0.3) is 5.57 Å². The second-order valence-electron chi connectivity index (χ2n) is 5.30. The number of benzene rings is 1. The minimum absolute atomic E-state index is 0.0326. The van der Waals surface area contributed by atoms with E-state index in [1.165, 1.54) is 10.4 Å². The molecule has 0 saturated heterocycles. The van der Waals surface area contributed by atoms with Crippen molar-refractivity contribution in [3.05, 3.63) is 63.9 Å². The first-order chi connectivity index (χ1) is 9.65. The van der Waals surface area contributed by atoms with E-state index in [1.54, 1.807) is 17.4 Å². The minimum atomic E-state index is -0.429. The van der Waals surface area contributed by atoms with E-state index < -0.39 is 6.04 Å². The third-order valence-corrected chi connectivity index (χ3v) is 4.81. The molecule has 102 valence electrons. The molecule has 0 bridgehead atoms. The summed E-state index contributed by atoms with van der Waals surface area (Å²) in [5, 5.41) is 2.04. The highest BCUT2D eigenvalue weighted by molar-refractivity contribution is 7.11. The lowest BCUT2D eigenvalue weighted by molar-refractivity contribution is -0.116. The summed E-state index contributed by atoms with van der Waals surface area (Å²) < 4.78 is 0. The van der Waals surface area contributed by atoms with Crippen LogP contribution in [0.5, 0.6) is 0 Å². The maximum absolute atomic E-state index is 12.2. The average Bonchev–Trinajstić information content (AvgIpc) is 2.97. The van der Waals surface area contributed by atoms with E-state index in [2.05, 4.69) is 37.3 Å². The molecular weight excluding hydrogens is 266 g/mol. The highest BCUT2D eigenvalue weighted by atomic mass is 32.1. The molecule has 2 nitrogen and oxygen atoms in total. The Kier molecular flexibility index (Phi) is 3.55. The Labute approximate surface area is 122 Å². The summed E-state index contributed by atoms with van der Waals surface area (Å²) in [6.45, 7) is 2.06. The van der Waals surface area contributed by atoms with Gasteiger partial charge in [0.1, 0.15) is 0 Å². The zero-order valence-electron chi connectivity index (χ0n) is 11.4. The Morgan fingerprint density at radius 1 is 1.20 bits per heavy atom. The SMILES string of the molecule is Cc1ccc(C2CC(c3cccs3)=CC(=O)C2N)cc1. The predicted molar refractivity (Wildman–Crippen MR) is 83.8 cm³/mol. The maximum Gasteiger partial charge on any atom is 0.173 e. The van der Waals surface area contributed by atoms with Crippen LogP contribution in [-0.2, 0) is 4.79 Å². The van der Waals surface area contributed by atoms with Crippen LogP contribution in [0.4, 0.5) is 0 Å². The number of rotatable bonds is 2. The molecule has 1 aliphatic carbocycles. The molecule has 1 aromatic heterocycles. The number of carbonyl (C=O) groups excluding carboxylic acids is 1. The van der Waals surface area contributed by atoms with Gasteiger partial charge in [-0.25, -0.2) is 0 Å². The molecule has 1 heterocycles. The van der Waals surface area contributed by atoms with Crippen LogP contribution >= 0.6 is 11.3 Å². The molecule has 2 atom stereocenters. The molecule has 3 rings (SSSR count). The number of nitrogens with two attached hydrogens (primary N) is 1. The van der Waals surface area contributed by atoms with Crippen LogP contribution < -0.4 is 5.73 Å². The van der Waals surface area contributed by atoms with Gasteiger partial charge in [0, 0.05) is 10.8 Å². The minimum Gasteiger partial charge on any atom is -0.321 e. The Morgan fingerprint density at radius 2 is 1.95 bits per heavy atom. The largest absolute Gasteiger partial charge is 0.321 e. The molecule has 0 fully saturated rings. The van der Waals surface area contributed by atoms with Crippen LogP contribution in [0.3, 0.4) is 0 Å². The van der Waals surface area contributed by atoms with E-state index in [4.69, 9.17) is 5.73 Å². The number of hydrogen-bond acceptors (Lipinski definition) is 3. The first-order valence-corrected chi connectivity index (χ1v) is 7.63. The molecule has 0 spiro atoms. The third kappa shape index (κ3) is 2.47. The van der Waals surface area contributed by atoms with Crippen molar-refractivity contribution in [1.29, 1.82) is 0 Å². The van der Waals surface area contributed by atoms with Gasteiger partial charge in [0.15, 0.2) is 5.78 Å². The molecule has 3 heteroatoms. The van der Waals surface area contributed by atoms with Gasteiger partial charge in [-0.2, -0.15) is 0 Å². The lowest BCUT2D eigenvalue weighted by atomic mass is 9.79. The zero-order valence-corrected chi connectivity index (χ0v) is 12.2. The summed E-state index contributed by atoms with van der Waals surface area (Å²) >= 11 is 1.67. The molecule has 20 heavy (non-hydrogen) atoms. The zero-order chi connectivity index (χ0) is 14.1. The Hall–Kier alpha value is -1.71. The third-order valence-electron chi connectivity index (χ3n) is 3.86. The van der Waals surface area contributed by atoms with E-state index in [0.717, 1.165) is 17.6 Å². The van der Waals surface area contributed by atoms with Gasteiger partial charge in [-0.05, 0) is 42.0 Å². The number of thiophene rings is 1. The van der Waals surface area contributed by atoms with Gasteiger partial charge >= 0.3 is 0 Å². The standard InChI is InChI=1S/C17H17NOS/c1-11-4-6-12(7-5-11)14-9-13(10-15(19)17(14)18)16-3-2-8-20-16/h2-8,10,14,17H,9,18H2,1H3. The smallest absolute Gasteiger partial charge is 0.173 e. The number of allylic oxidation sites excluding steroid dienone is 1. The summed E-state index contributed by atoms with van der Waals surface area (Å²) in [6, 6.07) is 12.0. The molecule has 2 N–H and O–H groups in total. The molecule has 1 aromatic carbocycles. The molecule has 0 saturated carbocycles. The van der Waals surface area contributed by atoms with Gasteiger partial charge in [-0.1, -0.05) is 35.9 Å². The van der Waals surface area contributed by atoms with Crippen molar-refractivity contribution in [3.63, 3.8) is 0 Å². The van der Waals surface area contributed by atoms with Crippen molar-refractivity contribution < 1.29 is 4.79 Å². The number of ketones is 1. The molecule has 0 amide bonds. The summed E-state index contributed by atoms with van der Waals surface area (Å²) in [4.78, 5) is 13.3. The number of aryl methyl sites for hydroxylation is 1. The van der Waals surface area contributed by atoms with Gasteiger partial charge in [-0.15, -0.1) is 11.3 Å². The predicted octanol–water partition coefficient (Wildman–Crippen LogP) is 3.52. The summed E-state index contributed by atoms with van der Waals surface area (Å²) in [5.41, 5.74) is 9.60. The highest BCUT2D eigenvalue weighted by Gasteiger charge is 2.30. The lowest BCUT2D eigenvalue weighted by Gasteiger charge is -2.28. The van der Waals surface area contributed by atoms with Crippen molar-refractivity contribution in [3.8, 4) is 0 Å². The molecule has 0 radical (unpaired) electrons. The van der Waals surface area contributed by atoms with E-state index in [9.17, 15) is 4.79 Å². The molecule has 2 unspecified atom stereocenters. The second-order valence-corrected chi connectivity index (χ2v) is 6.24. The van der Waals surface area contributed by atoms with Crippen LogP contribution in [-0.4, -0.2) is 11.8 Å². The molecule has 2 aromatic rings. The number of carbonyl (C=O) groups is 1. The van der Waals surface area contributed by atoms with E-state index >= 15 is 0 Å². The van der Waals surface area contributed by atoms with Crippen LogP contribution in [0.2, 0.25) is 0 Å². The topological polar surface area (TPSA) is 43.1 Å². The van der Waals surface area contributed by atoms with Crippen molar-refractivity contribution in [2.24, 2.45) is 5.73 Å². The monoisotopic (exact) mass is 283 g/mol. The van der Waals surface area contributed by atoms with Gasteiger partial charge in [0.25, 0.3) is 0 Å². The quantitative estimate of drug-likeness (QED) is 0.916. The first kappa shape index (κ1) is 13.3. The summed E-state index contributed by atoms with van der Waals surface area (Å²) in [5.74, 6) is 0.107. The second kappa shape index (κ2) is 5.35. The normalized spacial score (nSPS) is 22.7. The fourth-order valence-electron chi connectivity index (χ4n) is 2.66. The Balaban J connectivity index is 1.94. The van der Waals surface area contributed by atoms with Gasteiger partial charge < -0.3 is 5.73 Å². The number of hydrogen-bond donors (Lipinski definition) is 1. The summed E-state index contributed by atoms with van der Waals surface area (Å²) in [7, 11) is 0. The summed E-state index contributed by atoms with van der Waals surface area (Å²) in [6.07, 6.45) is 2.55. The van der Waals surface area contributed by atoms with Crippen molar-refractivity contribution in [2.75, 3.05) is 0 Å². The van der Waals surface area contributed by atoms with Crippen molar-refractivity contribution in [2.45, 2.75) is 25.3 Å². The van der Waals surface area contributed by atoms with Crippen molar-refractivity contribution in [1.82, 2.24) is 0 Å². The Bertz CT molecular complexity index is 640. The van der Waals surface area contributed by atoms with E-state index in [0.29, 0.717) is 0 Å². The molecular formula is C17H17NOS. The highest BCUT2D eigenvalue weighted by Crippen LogP contribution is 2.36. The van der Waals surface area contributed by atoms with Gasteiger partial charge in [-0.3, -0.25) is 4.79 Å².